The highest BCUT2D eigenvalue weighted by atomic mass is 16.3. The fourth-order valence-corrected chi connectivity index (χ4v) is 1.99. The van der Waals surface area contributed by atoms with Crippen molar-refractivity contribution >= 4 is 22.5 Å². The number of aromatic hydroxyl groups is 1. The number of benzene rings is 2. The van der Waals surface area contributed by atoms with Gasteiger partial charge in [0, 0.05) is 17.1 Å². The second-order valence-corrected chi connectivity index (χ2v) is 4.38. The zero-order chi connectivity index (χ0) is 13.9. The first-order valence-electron chi connectivity index (χ1n) is 6.18. The number of hydrogen-bond donors (Lipinski definition) is 2. The van der Waals surface area contributed by atoms with Gasteiger partial charge in [-0.2, -0.15) is 0 Å². The van der Waals surface area contributed by atoms with Gasteiger partial charge in [0.1, 0.15) is 5.75 Å². The number of phenols is 1. The molecule has 3 rings (SSSR count). The third-order valence-electron chi connectivity index (χ3n) is 3.02. The molecular formula is C16H12N2O2. The maximum absolute atomic E-state index is 12.2. The second kappa shape index (κ2) is 5.01. The number of rotatable bonds is 2. The van der Waals surface area contributed by atoms with E-state index in [1.54, 1.807) is 42.6 Å². The SMILES string of the molecule is O=C(Nc1ccccc1O)c1ccc2ncccc2c1. The van der Waals surface area contributed by atoms with Gasteiger partial charge in [-0.1, -0.05) is 18.2 Å². The summed E-state index contributed by atoms with van der Waals surface area (Å²) in [6, 6.07) is 15.6. The molecule has 1 heterocycles. The molecule has 0 aliphatic rings. The van der Waals surface area contributed by atoms with Gasteiger partial charge in [-0.05, 0) is 36.4 Å². The lowest BCUT2D eigenvalue weighted by Crippen LogP contribution is -2.11. The van der Waals surface area contributed by atoms with Gasteiger partial charge in [-0.3, -0.25) is 9.78 Å². The number of para-hydroxylation sites is 2. The lowest BCUT2D eigenvalue weighted by Gasteiger charge is -2.07. The Hall–Kier alpha value is -2.88. The Morgan fingerprint density at radius 1 is 1.05 bits per heavy atom. The Kier molecular flexibility index (Phi) is 3.05. The Morgan fingerprint density at radius 2 is 1.90 bits per heavy atom. The van der Waals surface area contributed by atoms with Crippen LogP contribution in [0.2, 0.25) is 0 Å². The monoisotopic (exact) mass is 264 g/mol. The van der Waals surface area contributed by atoms with E-state index in [-0.39, 0.29) is 11.7 Å². The third-order valence-corrected chi connectivity index (χ3v) is 3.02. The number of phenolic OH excluding ortho intramolecular Hbond substituents is 1. The molecule has 0 fully saturated rings. The van der Waals surface area contributed by atoms with Crippen LogP contribution in [0.25, 0.3) is 10.9 Å². The van der Waals surface area contributed by atoms with E-state index < -0.39 is 0 Å². The molecule has 2 N–H and O–H groups in total. The van der Waals surface area contributed by atoms with E-state index in [9.17, 15) is 9.90 Å². The van der Waals surface area contributed by atoms with Crippen molar-refractivity contribution in [1.29, 1.82) is 0 Å². The lowest BCUT2D eigenvalue weighted by atomic mass is 10.1. The van der Waals surface area contributed by atoms with Crippen LogP contribution in [0.1, 0.15) is 10.4 Å². The molecule has 0 unspecified atom stereocenters. The maximum atomic E-state index is 12.2. The van der Waals surface area contributed by atoms with Crippen LogP contribution >= 0.6 is 0 Å². The van der Waals surface area contributed by atoms with E-state index >= 15 is 0 Å². The van der Waals surface area contributed by atoms with Crippen molar-refractivity contribution in [2.75, 3.05) is 5.32 Å². The van der Waals surface area contributed by atoms with Crippen LogP contribution in [0.3, 0.4) is 0 Å². The number of nitrogens with one attached hydrogen (secondary N) is 1. The van der Waals surface area contributed by atoms with E-state index in [0.29, 0.717) is 11.3 Å². The summed E-state index contributed by atoms with van der Waals surface area (Å²) in [4.78, 5) is 16.4. The van der Waals surface area contributed by atoms with Crippen LogP contribution in [0, 0.1) is 0 Å². The number of pyridine rings is 1. The summed E-state index contributed by atoms with van der Waals surface area (Å²) in [7, 11) is 0. The average molecular weight is 264 g/mol. The molecule has 0 aliphatic heterocycles. The highest BCUT2D eigenvalue weighted by Gasteiger charge is 2.09. The van der Waals surface area contributed by atoms with Gasteiger partial charge in [-0.15, -0.1) is 0 Å². The highest BCUT2D eigenvalue weighted by Crippen LogP contribution is 2.22. The van der Waals surface area contributed by atoms with Crippen molar-refractivity contribution in [3.63, 3.8) is 0 Å². The molecule has 98 valence electrons. The molecule has 0 saturated carbocycles. The Labute approximate surface area is 115 Å². The molecule has 0 radical (unpaired) electrons. The quantitative estimate of drug-likeness (QED) is 0.699. The number of amides is 1. The molecule has 0 bridgehead atoms. The molecule has 2 aromatic carbocycles. The van der Waals surface area contributed by atoms with Crippen LogP contribution in [0.4, 0.5) is 5.69 Å². The van der Waals surface area contributed by atoms with Gasteiger partial charge >= 0.3 is 0 Å². The minimum absolute atomic E-state index is 0.0447. The summed E-state index contributed by atoms with van der Waals surface area (Å²) >= 11 is 0. The first kappa shape index (κ1) is 12.2. The summed E-state index contributed by atoms with van der Waals surface area (Å²) in [5.41, 5.74) is 1.75. The molecule has 0 spiro atoms. The first-order valence-corrected chi connectivity index (χ1v) is 6.18. The molecular weight excluding hydrogens is 252 g/mol. The van der Waals surface area contributed by atoms with E-state index in [2.05, 4.69) is 10.3 Å². The molecule has 4 heteroatoms. The largest absolute Gasteiger partial charge is 0.506 e. The Morgan fingerprint density at radius 3 is 2.75 bits per heavy atom. The van der Waals surface area contributed by atoms with Crippen molar-refractivity contribution in [2.24, 2.45) is 0 Å². The number of aromatic nitrogens is 1. The van der Waals surface area contributed by atoms with Crippen molar-refractivity contribution in [1.82, 2.24) is 4.98 Å². The van der Waals surface area contributed by atoms with E-state index in [4.69, 9.17) is 0 Å². The first-order chi connectivity index (χ1) is 9.74. The topological polar surface area (TPSA) is 62.2 Å². The van der Waals surface area contributed by atoms with Gasteiger partial charge < -0.3 is 10.4 Å². The van der Waals surface area contributed by atoms with E-state index in [1.165, 1.54) is 6.07 Å². The molecule has 1 aromatic heterocycles. The summed E-state index contributed by atoms with van der Waals surface area (Å²) in [6.45, 7) is 0. The summed E-state index contributed by atoms with van der Waals surface area (Å²) in [6.07, 6.45) is 1.71. The molecule has 0 aliphatic carbocycles. The van der Waals surface area contributed by atoms with Crippen molar-refractivity contribution in [3.8, 4) is 5.75 Å². The van der Waals surface area contributed by atoms with Crippen LogP contribution in [-0.4, -0.2) is 16.0 Å². The van der Waals surface area contributed by atoms with Gasteiger partial charge in [0.25, 0.3) is 5.91 Å². The molecule has 1 amide bonds. The number of carbonyl (C=O) groups excluding carboxylic acids is 1. The zero-order valence-electron chi connectivity index (χ0n) is 10.6. The summed E-state index contributed by atoms with van der Waals surface area (Å²) < 4.78 is 0. The summed E-state index contributed by atoms with van der Waals surface area (Å²) in [5.74, 6) is -0.222. The van der Waals surface area contributed by atoms with Crippen LogP contribution in [-0.2, 0) is 0 Å². The second-order valence-electron chi connectivity index (χ2n) is 4.38. The third kappa shape index (κ3) is 2.31. The van der Waals surface area contributed by atoms with Crippen molar-refractivity contribution < 1.29 is 9.90 Å². The molecule has 0 saturated heterocycles. The van der Waals surface area contributed by atoms with Gasteiger partial charge in [0.15, 0.2) is 0 Å². The smallest absolute Gasteiger partial charge is 0.255 e. The number of nitrogens with zero attached hydrogens (tertiary/aromatic N) is 1. The van der Waals surface area contributed by atoms with Crippen LogP contribution in [0.15, 0.2) is 60.8 Å². The number of anilines is 1. The molecule has 0 atom stereocenters. The highest BCUT2D eigenvalue weighted by molar-refractivity contribution is 6.06. The summed E-state index contributed by atoms with van der Waals surface area (Å²) in [5, 5.41) is 13.2. The maximum Gasteiger partial charge on any atom is 0.255 e. The van der Waals surface area contributed by atoms with E-state index in [1.807, 2.05) is 12.1 Å². The standard InChI is InChI=1S/C16H12N2O2/c19-15-6-2-1-5-14(15)18-16(20)12-7-8-13-11(10-12)4-3-9-17-13/h1-10,19H,(H,18,20). The number of fused-ring (bicyclic) bond motifs is 1. The number of hydrogen-bond acceptors (Lipinski definition) is 3. The minimum Gasteiger partial charge on any atom is -0.506 e. The lowest BCUT2D eigenvalue weighted by molar-refractivity contribution is 0.102. The molecule has 4 nitrogen and oxygen atoms in total. The normalized spacial score (nSPS) is 10.4. The molecule has 3 aromatic rings. The minimum atomic E-state index is -0.266. The fraction of sp³-hybridized carbons (Fsp3) is 0. The molecule has 20 heavy (non-hydrogen) atoms. The fourth-order valence-electron chi connectivity index (χ4n) is 1.99. The van der Waals surface area contributed by atoms with Gasteiger partial charge in [0.05, 0.1) is 11.2 Å². The van der Waals surface area contributed by atoms with E-state index in [0.717, 1.165) is 10.9 Å². The van der Waals surface area contributed by atoms with Crippen LogP contribution < -0.4 is 5.32 Å². The Bertz CT molecular complexity index is 784. The predicted octanol–water partition coefficient (Wildman–Crippen LogP) is 3.19. The van der Waals surface area contributed by atoms with Gasteiger partial charge in [-0.25, -0.2) is 0 Å². The van der Waals surface area contributed by atoms with Gasteiger partial charge in [0.2, 0.25) is 0 Å². The average Bonchev–Trinajstić information content (AvgIpc) is 2.49. The zero-order valence-corrected chi connectivity index (χ0v) is 10.6. The Balaban J connectivity index is 1.91. The van der Waals surface area contributed by atoms with Crippen molar-refractivity contribution in [3.05, 3.63) is 66.4 Å². The number of carbonyl (C=O) groups is 1. The van der Waals surface area contributed by atoms with Crippen molar-refractivity contribution in [2.45, 2.75) is 0 Å². The van der Waals surface area contributed by atoms with Crippen LogP contribution in [0.5, 0.6) is 5.75 Å². The predicted molar refractivity (Wildman–Crippen MR) is 77.8 cm³/mol.